The zero-order valence-electron chi connectivity index (χ0n) is 17.5. The molecule has 9 nitrogen and oxygen atoms in total. The van der Waals surface area contributed by atoms with Crippen LogP contribution in [0, 0.1) is 5.92 Å². The molecule has 0 spiro atoms. The van der Waals surface area contributed by atoms with Crippen LogP contribution in [-0.2, 0) is 0 Å². The van der Waals surface area contributed by atoms with Gasteiger partial charge in [0, 0.05) is 24.0 Å². The summed E-state index contributed by atoms with van der Waals surface area (Å²) in [6, 6.07) is 11.0. The van der Waals surface area contributed by atoms with Crippen LogP contribution in [0.5, 0.6) is 0 Å². The van der Waals surface area contributed by atoms with Crippen LogP contribution in [0.1, 0.15) is 25.7 Å². The van der Waals surface area contributed by atoms with Crippen molar-refractivity contribution >= 4 is 22.7 Å². The van der Waals surface area contributed by atoms with Gasteiger partial charge in [0.1, 0.15) is 17.5 Å². The van der Waals surface area contributed by atoms with E-state index in [0.717, 1.165) is 30.2 Å². The predicted octanol–water partition coefficient (Wildman–Crippen LogP) is 1.46. The fourth-order valence-corrected chi connectivity index (χ4v) is 4.46. The first-order valence-corrected chi connectivity index (χ1v) is 11.0. The second-order valence-corrected chi connectivity index (χ2v) is 8.71. The van der Waals surface area contributed by atoms with Crippen molar-refractivity contribution in [1.29, 1.82) is 0 Å². The van der Waals surface area contributed by atoms with Crippen LogP contribution >= 0.6 is 0 Å². The number of rotatable bonds is 6. The Bertz CT molecular complexity index is 1180. The molecule has 2 aliphatic carbocycles. The van der Waals surface area contributed by atoms with E-state index in [0.29, 0.717) is 18.1 Å². The van der Waals surface area contributed by atoms with Crippen molar-refractivity contribution in [2.24, 2.45) is 5.92 Å². The van der Waals surface area contributed by atoms with Crippen molar-refractivity contribution in [3.05, 3.63) is 46.8 Å². The molecule has 0 amide bonds. The quantitative estimate of drug-likeness (QED) is 0.340. The Hall–Kier alpha value is -3.01. The molecule has 5 rings (SSSR count). The van der Waals surface area contributed by atoms with E-state index in [1.807, 2.05) is 30.3 Å². The lowest BCUT2D eigenvalue weighted by Crippen LogP contribution is -2.36. The van der Waals surface area contributed by atoms with Gasteiger partial charge < -0.3 is 26.0 Å². The molecule has 168 valence electrons. The molecule has 9 heteroatoms. The Balaban J connectivity index is 1.56. The molecule has 0 radical (unpaired) electrons. The molecule has 0 aliphatic heterocycles. The molecule has 2 aliphatic rings. The largest absolute Gasteiger partial charge is 0.396 e. The molecular formula is C23H27N5O4. The fraction of sp³-hybridized carbons (Fsp3) is 0.435. The highest BCUT2D eigenvalue weighted by Gasteiger charge is 2.41. The Labute approximate surface area is 184 Å². The van der Waals surface area contributed by atoms with Crippen LogP contribution < -0.4 is 16.2 Å². The number of nitrogens with one attached hydrogen (secondary N) is 3. The smallest absolute Gasteiger partial charge is 0.263 e. The third-order valence-electron chi connectivity index (χ3n) is 6.58. The van der Waals surface area contributed by atoms with E-state index in [4.69, 9.17) is 0 Å². The summed E-state index contributed by atoms with van der Waals surface area (Å²) in [6.07, 6.45) is 1.39. The first kappa shape index (κ1) is 20.9. The third kappa shape index (κ3) is 3.83. The summed E-state index contributed by atoms with van der Waals surface area (Å²) in [5, 5.41) is 37.6. The number of H-pyrrole nitrogens is 1. The van der Waals surface area contributed by atoms with Gasteiger partial charge in [-0.05, 0) is 37.8 Å². The molecule has 1 aromatic carbocycles. The minimum absolute atomic E-state index is 0.229. The lowest BCUT2D eigenvalue weighted by atomic mass is 9.93. The summed E-state index contributed by atoms with van der Waals surface area (Å²) in [4.78, 5) is 25.2. The highest BCUT2D eigenvalue weighted by Crippen LogP contribution is 2.32. The van der Waals surface area contributed by atoms with Gasteiger partial charge in [0.2, 0.25) is 5.95 Å². The molecule has 3 aromatic rings. The van der Waals surface area contributed by atoms with Crippen molar-refractivity contribution in [2.75, 3.05) is 17.2 Å². The van der Waals surface area contributed by atoms with Crippen molar-refractivity contribution in [2.45, 2.75) is 50.0 Å². The van der Waals surface area contributed by atoms with Crippen LogP contribution in [0.3, 0.4) is 0 Å². The van der Waals surface area contributed by atoms with Gasteiger partial charge >= 0.3 is 0 Å². The summed E-state index contributed by atoms with van der Waals surface area (Å²) < 4.78 is 0. The Morgan fingerprint density at radius 1 is 1.03 bits per heavy atom. The highest BCUT2D eigenvalue weighted by atomic mass is 16.3. The molecule has 4 unspecified atom stereocenters. The van der Waals surface area contributed by atoms with Gasteiger partial charge in [0.25, 0.3) is 5.56 Å². The number of pyridine rings is 1. The number of hydrogen-bond donors (Lipinski definition) is 6. The number of aromatic nitrogens is 3. The van der Waals surface area contributed by atoms with E-state index in [1.54, 1.807) is 6.07 Å². The lowest BCUT2D eigenvalue weighted by Gasteiger charge is -2.27. The molecular weight excluding hydrogens is 410 g/mol. The van der Waals surface area contributed by atoms with Crippen LogP contribution in [0.15, 0.2) is 41.2 Å². The van der Waals surface area contributed by atoms with Crippen molar-refractivity contribution < 1.29 is 15.3 Å². The third-order valence-corrected chi connectivity index (χ3v) is 6.58. The summed E-state index contributed by atoms with van der Waals surface area (Å²) in [7, 11) is 0. The molecule has 32 heavy (non-hydrogen) atoms. The van der Waals surface area contributed by atoms with Crippen LogP contribution in [-0.4, -0.2) is 61.2 Å². The number of aromatic amines is 1. The molecule has 2 fully saturated rings. The number of hydrogen-bond acceptors (Lipinski definition) is 8. The first-order chi connectivity index (χ1) is 15.5. The highest BCUT2D eigenvalue weighted by molar-refractivity contribution is 5.83. The first-order valence-electron chi connectivity index (χ1n) is 11.0. The monoisotopic (exact) mass is 437 g/mol. The van der Waals surface area contributed by atoms with Gasteiger partial charge in [0.15, 0.2) is 0 Å². The second kappa shape index (κ2) is 8.50. The maximum Gasteiger partial charge on any atom is 0.263 e. The number of fused-ring (bicyclic) bond motifs is 1. The van der Waals surface area contributed by atoms with E-state index in [9.17, 15) is 20.1 Å². The van der Waals surface area contributed by atoms with Crippen LogP contribution in [0.4, 0.5) is 11.8 Å². The normalized spacial score (nSPS) is 25.6. The van der Waals surface area contributed by atoms with E-state index in [-0.39, 0.29) is 29.6 Å². The van der Waals surface area contributed by atoms with Gasteiger partial charge in [-0.1, -0.05) is 24.3 Å². The summed E-state index contributed by atoms with van der Waals surface area (Å²) in [5.74, 6) is 0.200. The molecule has 0 saturated heterocycles. The minimum atomic E-state index is -1.09. The number of benzene rings is 1. The van der Waals surface area contributed by atoms with Crippen LogP contribution in [0.2, 0.25) is 0 Å². The topological polar surface area (TPSA) is 143 Å². The van der Waals surface area contributed by atoms with Gasteiger partial charge in [-0.15, -0.1) is 0 Å². The Kier molecular flexibility index (Phi) is 5.54. The SMILES string of the molecule is O=c1[nH]c(NC2CCC2)nc(NC2CC(CO)C(O)C2O)c1-c1ccc2ccccc2n1. The van der Waals surface area contributed by atoms with Gasteiger partial charge in [-0.3, -0.25) is 9.78 Å². The van der Waals surface area contributed by atoms with E-state index in [2.05, 4.69) is 25.6 Å². The molecule has 0 bridgehead atoms. The maximum absolute atomic E-state index is 13.2. The average molecular weight is 438 g/mol. The van der Waals surface area contributed by atoms with Gasteiger partial charge in [0.05, 0.1) is 23.4 Å². The zero-order chi connectivity index (χ0) is 22.2. The summed E-state index contributed by atoms with van der Waals surface area (Å²) in [6.45, 7) is -0.229. The van der Waals surface area contributed by atoms with E-state index >= 15 is 0 Å². The molecule has 2 saturated carbocycles. The van der Waals surface area contributed by atoms with Crippen molar-refractivity contribution in [1.82, 2.24) is 15.0 Å². The number of nitrogens with zero attached hydrogens (tertiary/aromatic N) is 2. The number of aliphatic hydroxyl groups excluding tert-OH is 3. The molecule has 6 N–H and O–H groups in total. The van der Waals surface area contributed by atoms with Crippen molar-refractivity contribution in [3.63, 3.8) is 0 Å². The minimum Gasteiger partial charge on any atom is -0.396 e. The Morgan fingerprint density at radius 3 is 2.56 bits per heavy atom. The van der Waals surface area contributed by atoms with E-state index < -0.39 is 24.2 Å². The zero-order valence-corrected chi connectivity index (χ0v) is 17.5. The summed E-state index contributed by atoms with van der Waals surface area (Å²) in [5.41, 5.74) is 1.13. The number of aliphatic hydroxyl groups is 3. The predicted molar refractivity (Wildman–Crippen MR) is 121 cm³/mol. The molecule has 2 aromatic heterocycles. The van der Waals surface area contributed by atoms with Gasteiger partial charge in [-0.25, -0.2) is 4.98 Å². The van der Waals surface area contributed by atoms with E-state index in [1.165, 1.54) is 0 Å². The second-order valence-electron chi connectivity index (χ2n) is 8.71. The standard InChI is InChI=1S/C23H27N5O4/c29-11-13-10-17(20(31)19(13)30)26-21-18(16-9-8-12-4-1-2-7-15(12)25-16)22(32)28-23(27-21)24-14-5-3-6-14/h1-2,4,7-9,13-14,17,19-20,29-31H,3,5-6,10-11H2,(H3,24,26,27,28,32). The average Bonchev–Trinajstić information content (AvgIpc) is 3.03. The van der Waals surface area contributed by atoms with Crippen molar-refractivity contribution in [3.8, 4) is 11.3 Å². The molecule has 2 heterocycles. The Morgan fingerprint density at radius 2 is 1.84 bits per heavy atom. The fourth-order valence-electron chi connectivity index (χ4n) is 4.46. The lowest BCUT2D eigenvalue weighted by molar-refractivity contribution is 0.00446. The molecule has 4 atom stereocenters. The maximum atomic E-state index is 13.2. The van der Waals surface area contributed by atoms with Gasteiger partial charge in [-0.2, -0.15) is 4.98 Å². The summed E-state index contributed by atoms with van der Waals surface area (Å²) >= 11 is 0. The number of para-hydroxylation sites is 1. The number of anilines is 2. The van der Waals surface area contributed by atoms with Crippen LogP contribution in [0.25, 0.3) is 22.2 Å².